The van der Waals surface area contributed by atoms with Gasteiger partial charge in [0.2, 0.25) is 10.0 Å². The molecule has 0 aromatic heterocycles. The number of piperazine rings is 1. The van der Waals surface area contributed by atoms with Crippen LogP contribution in [0.5, 0.6) is 0 Å². The Morgan fingerprint density at radius 3 is 2.00 bits per heavy atom. The molecule has 0 spiro atoms. The van der Waals surface area contributed by atoms with Crippen molar-refractivity contribution in [3.63, 3.8) is 0 Å². The first-order valence-corrected chi connectivity index (χ1v) is 8.34. The summed E-state index contributed by atoms with van der Waals surface area (Å²) in [5, 5.41) is 0. The Bertz CT molecular complexity index is 526. The topological polar surface area (TPSA) is 40.6 Å². The number of anilines is 1. The average molecular weight is 282 g/mol. The Balaban J connectivity index is 2.08. The molecule has 1 fully saturated rings. The molecular formula is C14H22N2O2S. The molecule has 1 heterocycles. The van der Waals surface area contributed by atoms with Gasteiger partial charge in [-0.25, -0.2) is 8.42 Å². The minimum Gasteiger partial charge on any atom is -0.369 e. The van der Waals surface area contributed by atoms with Gasteiger partial charge in [0, 0.05) is 31.9 Å². The van der Waals surface area contributed by atoms with Crippen molar-refractivity contribution < 1.29 is 8.42 Å². The fourth-order valence-electron chi connectivity index (χ4n) is 2.54. The van der Waals surface area contributed by atoms with E-state index in [1.165, 1.54) is 16.8 Å². The number of benzene rings is 1. The highest BCUT2D eigenvalue weighted by Crippen LogP contribution is 2.21. The van der Waals surface area contributed by atoms with Crippen LogP contribution in [0.3, 0.4) is 0 Å². The van der Waals surface area contributed by atoms with E-state index in [9.17, 15) is 8.42 Å². The van der Waals surface area contributed by atoms with Gasteiger partial charge in [-0.05, 0) is 44.0 Å². The van der Waals surface area contributed by atoms with E-state index in [0.717, 1.165) is 13.1 Å². The van der Waals surface area contributed by atoms with Crippen LogP contribution in [0.4, 0.5) is 5.69 Å². The van der Waals surface area contributed by atoms with Crippen LogP contribution < -0.4 is 4.90 Å². The summed E-state index contributed by atoms with van der Waals surface area (Å²) < 4.78 is 25.2. The molecular weight excluding hydrogens is 260 g/mol. The maximum atomic E-state index is 11.8. The smallest absolute Gasteiger partial charge is 0.213 e. The lowest BCUT2D eigenvalue weighted by molar-refractivity contribution is 0.385. The van der Waals surface area contributed by atoms with Crippen molar-refractivity contribution >= 4 is 15.7 Å². The highest BCUT2D eigenvalue weighted by Gasteiger charge is 2.25. The lowest BCUT2D eigenvalue weighted by atomic mass is 10.1. The molecule has 0 unspecified atom stereocenters. The first kappa shape index (κ1) is 14.3. The summed E-state index contributed by atoms with van der Waals surface area (Å²) >= 11 is 0. The van der Waals surface area contributed by atoms with Crippen molar-refractivity contribution in [2.75, 3.05) is 36.8 Å². The summed E-state index contributed by atoms with van der Waals surface area (Å²) in [6.45, 7) is 8.59. The van der Waals surface area contributed by atoms with Crippen LogP contribution >= 0.6 is 0 Å². The maximum absolute atomic E-state index is 11.8. The monoisotopic (exact) mass is 282 g/mol. The van der Waals surface area contributed by atoms with E-state index >= 15 is 0 Å². The number of sulfonamides is 1. The Labute approximate surface area is 116 Å². The van der Waals surface area contributed by atoms with Gasteiger partial charge in [0.05, 0.1) is 5.75 Å². The van der Waals surface area contributed by atoms with E-state index in [-0.39, 0.29) is 5.75 Å². The Kier molecular flexibility index (Phi) is 4.16. The predicted molar refractivity (Wildman–Crippen MR) is 79.2 cm³/mol. The zero-order valence-corrected chi connectivity index (χ0v) is 12.7. The van der Waals surface area contributed by atoms with Crippen LogP contribution in [0.25, 0.3) is 0 Å². The highest BCUT2D eigenvalue weighted by atomic mass is 32.2. The molecule has 5 heteroatoms. The lowest BCUT2D eigenvalue weighted by Gasteiger charge is -2.35. The summed E-state index contributed by atoms with van der Waals surface area (Å²) in [5.41, 5.74) is 3.70. The molecule has 0 aliphatic carbocycles. The second kappa shape index (κ2) is 5.51. The van der Waals surface area contributed by atoms with Crippen molar-refractivity contribution in [2.45, 2.75) is 20.8 Å². The molecule has 1 aliphatic heterocycles. The second-order valence-electron chi connectivity index (χ2n) is 5.13. The fraction of sp³-hybridized carbons (Fsp3) is 0.571. The number of hydrogen-bond acceptors (Lipinski definition) is 3. The molecule has 0 N–H and O–H groups in total. The Morgan fingerprint density at radius 1 is 1.00 bits per heavy atom. The van der Waals surface area contributed by atoms with Crippen LogP contribution in [0.2, 0.25) is 0 Å². The van der Waals surface area contributed by atoms with E-state index < -0.39 is 10.0 Å². The van der Waals surface area contributed by atoms with E-state index in [2.05, 4.69) is 36.9 Å². The quantitative estimate of drug-likeness (QED) is 0.848. The van der Waals surface area contributed by atoms with Gasteiger partial charge in [-0.3, -0.25) is 0 Å². The van der Waals surface area contributed by atoms with Crippen molar-refractivity contribution in [3.05, 3.63) is 29.3 Å². The van der Waals surface area contributed by atoms with Crippen molar-refractivity contribution in [1.82, 2.24) is 4.31 Å². The third-order valence-corrected chi connectivity index (χ3v) is 5.45. The van der Waals surface area contributed by atoms with Gasteiger partial charge in [0.15, 0.2) is 0 Å². The zero-order valence-electron chi connectivity index (χ0n) is 11.9. The van der Waals surface area contributed by atoms with Crippen molar-refractivity contribution in [3.8, 4) is 0 Å². The SMILES string of the molecule is CCS(=O)(=O)N1CCN(c2cc(C)cc(C)c2)CC1. The molecule has 0 saturated carbocycles. The molecule has 1 aromatic carbocycles. The van der Waals surface area contributed by atoms with E-state index in [0.29, 0.717) is 13.1 Å². The van der Waals surface area contributed by atoms with Gasteiger partial charge < -0.3 is 4.90 Å². The largest absolute Gasteiger partial charge is 0.369 e. The first-order valence-electron chi connectivity index (χ1n) is 6.73. The Hall–Kier alpha value is -1.07. The number of aryl methyl sites for hydroxylation is 2. The van der Waals surface area contributed by atoms with Crippen LogP contribution in [0.15, 0.2) is 18.2 Å². The van der Waals surface area contributed by atoms with Crippen molar-refractivity contribution in [1.29, 1.82) is 0 Å². The van der Waals surface area contributed by atoms with Gasteiger partial charge in [0.1, 0.15) is 0 Å². The summed E-state index contributed by atoms with van der Waals surface area (Å²) in [4.78, 5) is 2.27. The van der Waals surface area contributed by atoms with Gasteiger partial charge in [0.25, 0.3) is 0 Å². The number of rotatable bonds is 3. The molecule has 0 radical (unpaired) electrons. The standard InChI is InChI=1S/C14H22N2O2S/c1-4-19(17,18)16-7-5-15(6-8-16)14-10-12(2)9-13(3)11-14/h9-11H,4-8H2,1-3H3. The van der Waals surface area contributed by atoms with Crippen LogP contribution in [-0.4, -0.2) is 44.7 Å². The highest BCUT2D eigenvalue weighted by molar-refractivity contribution is 7.89. The average Bonchev–Trinajstić information content (AvgIpc) is 2.38. The molecule has 0 bridgehead atoms. The summed E-state index contributed by atoms with van der Waals surface area (Å²) in [7, 11) is -3.04. The van der Waals surface area contributed by atoms with Gasteiger partial charge in [-0.1, -0.05) is 6.07 Å². The third-order valence-electron chi connectivity index (χ3n) is 3.57. The summed E-state index contributed by atoms with van der Waals surface area (Å²) in [5.74, 6) is 0.191. The molecule has 106 valence electrons. The molecule has 19 heavy (non-hydrogen) atoms. The summed E-state index contributed by atoms with van der Waals surface area (Å²) in [6, 6.07) is 6.48. The first-order chi connectivity index (χ1) is 8.92. The predicted octanol–water partition coefficient (Wildman–Crippen LogP) is 1.78. The summed E-state index contributed by atoms with van der Waals surface area (Å²) in [6.07, 6.45) is 0. The van der Waals surface area contributed by atoms with E-state index in [1.54, 1.807) is 11.2 Å². The van der Waals surface area contributed by atoms with Crippen molar-refractivity contribution in [2.24, 2.45) is 0 Å². The van der Waals surface area contributed by atoms with Crippen LogP contribution in [-0.2, 0) is 10.0 Å². The van der Waals surface area contributed by atoms with Crippen LogP contribution in [0, 0.1) is 13.8 Å². The lowest BCUT2D eigenvalue weighted by Crippen LogP contribution is -2.49. The third kappa shape index (κ3) is 3.28. The van der Waals surface area contributed by atoms with Gasteiger partial charge in [-0.15, -0.1) is 0 Å². The molecule has 2 rings (SSSR count). The normalized spacial score (nSPS) is 17.7. The van der Waals surface area contributed by atoms with Gasteiger partial charge >= 0.3 is 0 Å². The Morgan fingerprint density at radius 2 is 1.53 bits per heavy atom. The number of hydrogen-bond donors (Lipinski definition) is 0. The molecule has 4 nitrogen and oxygen atoms in total. The minimum atomic E-state index is -3.04. The molecule has 1 aliphatic rings. The molecule has 0 amide bonds. The van der Waals surface area contributed by atoms with E-state index in [4.69, 9.17) is 0 Å². The minimum absolute atomic E-state index is 0.191. The molecule has 1 saturated heterocycles. The van der Waals surface area contributed by atoms with Gasteiger partial charge in [-0.2, -0.15) is 4.31 Å². The van der Waals surface area contributed by atoms with E-state index in [1.807, 2.05) is 0 Å². The zero-order chi connectivity index (χ0) is 14.0. The fourth-order valence-corrected chi connectivity index (χ4v) is 3.63. The maximum Gasteiger partial charge on any atom is 0.213 e. The molecule has 1 aromatic rings. The van der Waals surface area contributed by atoms with Crippen LogP contribution in [0.1, 0.15) is 18.1 Å². The second-order valence-corrected chi connectivity index (χ2v) is 7.39. The molecule has 0 atom stereocenters. The number of nitrogens with zero attached hydrogens (tertiary/aromatic N) is 2.